The highest BCUT2D eigenvalue weighted by Crippen LogP contribution is 2.42. The van der Waals surface area contributed by atoms with Crippen molar-refractivity contribution in [1.29, 1.82) is 0 Å². The van der Waals surface area contributed by atoms with Crippen LogP contribution in [0.25, 0.3) is 11.3 Å². The van der Waals surface area contributed by atoms with Crippen molar-refractivity contribution in [3.63, 3.8) is 0 Å². The summed E-state index contributed by atoms with van der Waals surface area (Å²) in [5.74, 6) is -1.54. The molecule has 5 nitrogen and oxygen atoms in total. The second kappa shape index (κ2) is 8.14. The Kier molecular flexibility index (Phi) is 5.67. The fraction of sp³-hybridized carbons (Fsp3) is 0.273. The Balaban J connectivity index is 1.86. The Morgan fingerprint density at radius 3 is 2.45 bits per heavy atom. The van der Waals surface area contributed by atoms with Crippen molar-refractivity contribution in [1.82, 2.24) is 14.5 Å². The van der Waals surface area contributed by atoms with Crippen molar-refractivity contribution in [2.45, 2.75) is 42.0 Å². The molecule has 1 aliphatic heterocycles. The van der Waals surface area contributed by atoms with Crippen molar-refractivity contribution in [3.8, 4) is 11.3 Å². The van der Waals surface area contributed by atoms with Gasteiger partial charge < -0.3 is 15.1 Å². The Labute approximate surface area is 182 Å². The molecule has 0 fully saturated rings. The molecule has 0 spiro atoms. The fourth-order valence-corrected chi connectivity index (χ4v) is 4.94. The van der Waals surface area contributed by atoms with E-state index in [1.807, 2.05) is 23.3 Å². The number of benzene rings is 2. The molecule has 1 atom stereocenters. The van der Waals surface area contributed by atoms with E-state index in [9.17, 15) is 18.0 Å². The first-order chi connectivity index (χ1) is 14.7. The lowest BCUT2D eigenvalue weighted by Gasteiger charge is -2.43. The predicted octanol–water partition coefficient (Wildman–Crippen LogP) is 4.15. The molecule has 2 N–H and O–H groups in total. The zero-order valence-electron chi connectivity index (χ0n) is 17.0. The van der Waals surface area contributed by atoms with E-state index in [4.69, 9.17) is 10.7 Å². The molecule has 1 aromatic heterocycles. The molecule has 0 bridgehead atoms. The summed E-state index contributed by atoms with van der Waals surface area (Å²) in [6.45, 7) is 4.86. The number of hydrogen-bond donors (Lipinski definition) is 1. The first kappa shape index (κ1) is 21.6. The second-order valence-electron chi connectivity index (χ2n) is 7.80. The predicted molar refractivity (Wildman–Crippen MR) is 112 cm³/mol. The smallest absolute Gasteiger partial charge is 0.159 e. The minimum Gasteiger partial charge on any atom is -0.320 e. The SMILES string of the molecule is CC1(C)c2nc(-c3ccc(F)cc3)c(Sc3ccc(F)c(F)c3)n2CCN1C(N)C=O. The van der Waals surface area contributed by atoms with Gasteiger partial charge in [0.05, 0.1) is 5.54 Å². The molecule has 1 aliphatic rings. The molecule has 0 saturated carbocycles. The molecule has 4 rings (SSSR count). The quantitative estimate of drug-likeness (QED) is 0.597. The van der Waals surface area contributed by atoms with Crippen molar-refractivity contribution >= 4 is 18.0 Å². The van der Waals surface area contributed by atoms with Crippen LogP contribution in [-0.2, 0) is 16.9 Å². The van der Waals surface area contributed by atoms with Crippen molar-refractivity contribution in [3.05, 3.63) is 65.7 Å². The van der Waals surface area contributed by atoms with Gasteiger partial charge in [0.15, 0.2) is 17.9 Å². The van der Waals surface area contributed by atoms with Crippen LogP contribution < -0.4 is 5.73 Å². The van der Waals surface area contributed by atoms with E-state index in [2.05, 4.69) is 0 Å². The average molecular weight is 446 g/mol. The average Bonchev–Trinajstić information content (AvgIpc) is 3.10. The van der Waals surface area contributed by atoms with E-state index in [1.165, 1.54) is 30.0 Å². The Bertz CT molecular complexity index is 1130. The number of aldehydes is 1. The molecule has 0 amide bonds. The zero-order chi connectivity index (χ0) is 22.3. The van der Waals surface area contributed by atoms with E-state index in [1.54, 1.807) is 12.1 Å². The van der Waals surface area contributed by atoms with Crippen LogP contribution >= 0.6 is 11.8 Å². The summed E-state index contributed by atoms with van der Waals surface area (Å²) < 4.78 is 42.7. The van der Waals surface area contributed by atoms with Gasteiger partial charge in [-0.1, -0.05) is 11.8 Å². The number of carbonyl (C=O) groups is 1. The minimum absolute atomic E-state index is 0.369. The van der Waals surface area contributed by atoms with Crippen molar-refractivity contribution in [2.24, 2.45) is 5.73 Å². The first-order valence-electron chi connectivity index (χ1n) is 9.70. The standard InChI is InChI=1S/C22H21F3N4OS/c1-22(2)21-27-19(13-3-5-14(23)6-4-13)20(28(21)9-10-29(22)18(26)12-30)31-15-7-8-16(24)17(25)11-15/h3-8,11-12,18H,9-10,26H2,1-2H3. The number of nitrogens with zero attached hydrogens (tertiary/aromatic N) is 3. The minimum atomic E-state index is -0.935. The van der Waals surface area contributed by atoms with Gasteiger partial charge in [0.1, 0.15) is 28.5 Å². The van der Waals surface area contributed by atoms with Crippen LogP contribution in [0.1, 0.15) is 19.7 Å². The normalized spacial score (nSPS) is 16.7. The van der Waals surface area contributed by atoms with Crippen LogP contribution in [0.3, 0.4) is 0 Å². The number of fused-ring (bicyclic) bond motifs is 1. The van der Waals surface area contributed by atoms with Gasteiger partial charge in [-0.25, -0.2) is 18.2 Å². The molecule has 0 saturated heterocycles. The molecule has 31 heavy (non-hydrogen) atoms. The molecule has 3 aromatic rings. The third-order valence-corrected chi connectivity index (χ3v) is 6.57. The van der Waals surface area contributed by atoms with E-state index in [0.29, 0.717) is 41.4 Å². The highest BCUT2D eigenvalue weighted by Gasteiger charge is 2.41. The van der Waals surface area contributed by atoms with Gasteiger partial charge in [-0.2, -0.15) is 0 Å². The van der Waals surface area contributed by atoms with Crippen LogP contribution in [0.4, 0.5) is 13.2 Å². The fourth-order valence-electron chi connectivity index (χ4n) is 3.87. The van der Waals surface area contributed by atoms with Gasteiger partial charge in [-0.3, -0.25) is 4.90 Å². The molecule has 0 aliphatic carbocycles. The molecule has 1 unspecified atom stereocenters. The number of nitrogens with two attached hydrogens (primary N) is 1. The second-order valence-corrected chi connectivity index (χ2v) is 8.87. The number of hydrogen-bond acceptors (Lipinski definition) is 5. The van der Waals surface area contributed by atoms with Crippen LogP contribution in [0, 0.1) is 17.5 Å². The molecular weight excluding hydrogens is 425 g/mol. The molecule has 0 radical (unpaired) electrons. The summed E-state index contributed by atoms with van der Waals surface area (Å²) >= 11 is 1.25. The number of rotatable bonds is 5. The lowest BCUT2D eigenvalue weighted by Crippen LogP contribution is -2.57. The van der Waals surface area contributed by atoms with E-state index < -0.39 is 23.3 Å². The van der Waals surface area contributed by atoms with Gasteiger partial charge in [0.2, 0.25) is 0 Å². The maximum atomic E-state index is 13.8. The van der Waals surface area contributed by atoms with E-state index >= 15 is 0 Å². The highest BCUT2D eigenvalue weighted by atomic mass is 32.2. The lowest BCUT2D eigenvalue weighted by atomic mass is 9.98. The molecule has 2 heterocycles. The number of carbonyl (C=O) groups excluding carboxylic acids is 1. The van der Waals surface area contributed by atoms with Gasteiger partial charge >= 0.3 is 0 Å². The summed E-state index contributed by atoms with van der Waals surface area (Å²) in [6, 6.07) is 9.66. The van der Waals surface area contributed by atoms with Crippen molar-refractivity contribution < 1.29 is 18.0 Å². The van der Waals surface area contributed by atoms with Crippen LogP contribution in [-0.4, -0.2) is 33.4 Å². The summed E-state index contributed by atoms with van der Waals surface area (Å²) in [6.07, 6.45) is -0.0879. The van der Waals surface area contributed by atoms with Gasteiger partial charge in [-0.15, -0.1) is 0 Å². The first-order valence-corrected chi connectivity index (χ1v) is 10.5. The third kappa shape index (κ3) is 3.88. The summed E-state index contributed by atoms with van der Waals surface area (Å²) in [4.78, 5) is 18.5. The van der Waals surface area contributed by atoms with Crippen molar-refractivity contribution in [2.75, 3.05) is 6.54 Å². The molecule has 162 valence electrons. The Morgan fingerprint density at radius 1 is 1.10 bits per heavy atom. The topological polar surface area (TPSA) is 64.2 Å². The maximum Gasteiger partial charge on any atom is 0.159 e. The number of halogens is 3. The summed E-state index contributed by atoms with van der Waals surface area (Å²) in [5, 5.41) is 0.722. The van der Waals surface area contributed by atoms with Crippen LogP contribution in [0.5, 0.6) is 0 Å². The molecular formula is C22H21F3N4OS. The zero-order valence-corrected chi connectivity index (χ0v) is 17.8. The summed E-state index contributed by atoms with van der Waals surface area (Å²) in [5.41, 5.74) is 6.62. The molecule has 9 heteroatoms. The maximum absolute atomic E-state index is 13.8. The van der Waals surface area contributed by atoms with Gasteiger partial charge in [0, 0.05) is 23.5 Å². The largest absolute Gasteiger partial charge is 0.320 e. The van der Waals surface area contributed by atoms with Crippen LogP contribution in [0.2, 0.25) is 0 Å². The van der Waals surface area contributed by atoms with Gasteiger partial charge in [0.25, 0.3) is 0 Å². The number of imidazole rings is 1. The monoisotopic (exact) mass is 446 g/mol. The number of aromatic nitrogens is 2. The third-order valence-electron chi connectivity index (χ3n) is 5.47. The van der Waals surface area contributed by atoms with Crippen LogP contribution in [0.15, 0.2) is 52.4 Å². The Hall–Kier alpha value is -2.62. The lowest BCUT2D eigenvalue weighted by molar-refractivity contribution is -0.115. The molecule has 2 aromatic carbocycles. The highest BCUT2D eigenvalue weighted by molar-refractivity contribution is 7.99. The van der Waals surface area contributed by atoms with E-state index in [0.717, 1.165) is 17.2 Å². The summed E-state index contributed by atoms with van der Waals surface area (Å²) in [7, 11) is 0. The van der Waals surface area contributed by atoms with Gasteiger partial charge in [-0.05, 0) is 56.3 Å². The Morgan fingerprint density at radius 2 is 1.81 bits per heavy atom. The van der Waals surface area contributed by atoms with E-state index in [-0.39, 0.29) is 5.82 Å².